The number of anilines is 1. The number of piperidine rings is 1. The molecule has 9 nitrogen and oxygen atoms in total. The predicted molar refractivity (Wildman–Crippen MR) is 129 cm³/mol. The molecule has 2 amide bonds. The number of hydrogen-bond donors (Lipinski definition) is 2. The molecule has 1 saturated heterocycles. The molecule has 0 saturated carbocycles. The lowest BCUT2D eigenvalue weighted by atomic mass is 10.0. The third kappa shape index (κ3) is 4.56. The molecule has 0 radical (unpaired) electrons. The first-order chi connectivity index (χ1) is 16.3. The lowest BCUT2D eigenvalue weighted by molar-refractivity contribution is -0.121. The van der Waals surface area contributed by atoms with Gasteiger partial charge in [-0.2, -0.15) is 0 Å². The van der Waals surface area contributed by atoms with Crippen molar-refractivity contribution in [2.24, 2.45) is 7.05 Å². The molecule has 3 heterocycles. The van der Waals surface area contributed by atoms with Gasteiger partial charge in [0.1, 0.15) is 5.69 Å². The van der Waals surface area contributed by atoms with Crippen molar-refractivity contribution >= 4 is 17.5 Å². The van der Waals surface area contributed by atoms with Gasteiger partial charge in [0.2, 0.25) is 5.91 Å². The van der Waals surface area contributed by atoms with Crippen LogP contribution in [0.1, 0.15) is 41.6 Å². The minimum Gasteiger partial charge on any atom is -0.459 e. The summed E-state index contributed by atoms with van der Waals surface area (Å²) in [5.74, 6) is -0.0877. The van der Waals surface area contributed by atoms with E-state index in [1.54, 1.807) is 22.5 Å². The summed E-state index contributed by atoms with van der Waals surface area (Å²) < 4.78 is 8.56. The molecule has 2 N–H and O–H groups in total. The molecule has 4 rings (SSSR count). The first-order valence-electron chi connectivity index (χ1n) is 11.5. The zero-order chi connectivity index (χ0) is 24.4. The molecule has 1 unspecified atom stereocenters. The highest BCUT2D eigenvalue weighted by Gasteiger charge is 2.29. The van der Waals surface area contributed by atoms with E-state index in [4.69, 9.17) is 4.42 Å². The second-order valence-electron chi connectivity index (χ2n) is 8.82. The summed E-state index contributed by atoms with van der Waals surface area (Å²) in [6.07, 6.45) is 2.97. The van der Waals surface area contributed by atoms with Crippen LogP contribution in [0.3, 0.4) is 0 Å². The summed E-state index contributed by atoms with van der Waals surface area (Å²) in [6.45, 7) is 6.83. The van der Waals surface area contributed by atoms with Crippen LogP contribution in [0.25, 0.3) is 5.69 Å². The first-order valence-corrected chi connectivity index (χ1v) is 11.5. The summed E-state index contributed by atoms with van der Waals surface area (Å²) in [7, 11) is 1.80. The SMILES string of the molecule is Cc1ccoc1C(=O)NC1CCN(C(C)C(=O)Nc2c(C)n(C)n(-c3ccccc3)c2=O)CC1. The highest BCUT2D eigenvalue weighted by atomic mass is 16.3. The topological polar surface area (TPSA) is 102 Å². The van der Waals surface area contributed by atoms with Crippen LogP contribution < -0.4 is 16.2 Å². The Bertz CT molecular complexity index is 1230. The highest BCUT2D eigenvalue weighted by molar-refractivity contribution is 5.95. The zero-order valence-electron chi connectivity index (χ0n) is 20.0. The lowest BCUT2D eigenvalue weighted by Crippen LogP contribution is -2.50. The fourth-order valence-corrected chi connectivity index (χ4v) is 4.39. The Hall–Kier alpha value is -3.59. The molecular weight excluding hydrogens is 434 g/mol. The van der Waals surface area contributed by atoms with E-state index in [2.05, 4.69) is 15.5 Å². The minimum absolute atomic E-state index is 0.0259. The van der Waals surface area contributed by atoms with E-state index in [-0.39, 0.29) is 23.4 Å². The van der Waals surface area contributed by atoms with Crippen molar-refractivity contribution in [1.29, 1.82) is 0 Å². The quantitative estimate of drug-likeness (QED) is 0.583. The third-order valence-electron chi connectivity index (χ3n) is 6.66. The van der Waals surface area contributed by atoms with Crippen LogP contribution in [0, 0.1) is 13.8 Å². The number of likely N-dealkylation sites (tertiary alicyclic amines) is 1. The molecule has 1 atom stereocenters. The van der Waals surface area contributed by atoms with Crippen LogP contribution in [-0.2, 0) is 11.8 Å². The number of carbonyl (C=O) groups is 2. The molecule has 0 aliphatic carbocycles. The third-order valence-corrected chi connectivity index (χ3v) is 6.66. The molecule has 0 spiro atoms. The molecule has 1 aromatic carbocycles. The zero-order valence-corrected chi connectivity index (χ0v) is 20.0. The molecule has 1 fully saturated rings. The van der Waals surface area contributed by atoms with E-state index >= 15 is 0 Å². The van der Waals surface area contributed by atoms with Gasteiger partial charge in [0.15, 0.2) is 5.76 Å². The van der Waals surface area contributed by atoms with Crippen molar-refractivity contribution < 1.29 is 14.0 Å². The molecule has 1 aliphatic rings. The Kier molecular flexibility index (Phi) is 6.74. The van der Waals surface area contributed by atoms with E-state index in [0.717, 1.165) is 24.1 Å². The monoisotopic (exact) mass is 465 g/mol. The Balaban J connectivity index is 1.37. The molecule has 2 aromatic heterocycles. The average Bonchev–Trinajstić information content (AvgIpc) is 3.36. The Morgan fingerprint density at radius 2 is 1.76 bits per heavy atom. The lowest BCUT2D eigenvalue weighted by Gasteiger charge is -2.35. The van der Waals surface area contributed by atoms with Crippen LogP contribution in [0.4, 0.5) is 5.69 Å². The van der Waals surface area contributed by atoms with Gasteiger partial charge >= 0.3 is 0 Å². The Labute approximate surface area is 198 Å². The smallest absolute Gasteiger partial charge is 0.295 e. The van der Waals surface area contributed by atoms with E-state index in [9.17, 15) is 14.4 Å². The highest BCUT2D eigenvalue weighted by Crippen LogP contribution is 2.18. The van der Waals surface area contributed by atoms with Gasteiger partial charge in [-0.05, 0) is 51.8 Å². The maximum absolute atomic E-state index is 13.1. The number of aromatic nitrogens is 2. The number of benzene rings is 1. The largest absolute Gasteiger partial charge is 0.459 e. The van der Waals surface area contributed by atoms with Crippen LogP contribution in [0.5, 0.6) is 0 Å². The van der Waals surface area contributed by atoms with E-state index < -0.39 is 6.04 Å². The molecular formula is C25H31N5O4. The second-order valence-corrected chi connectivity index (χ2v) is 8.82. The van der Waals surface area contributed by atoms with Crippen LogP contribution in [0.2, 0.25) is 0 Å². The summed E-state index contributed by atoms with van der Waals surface area (Å²) in [5.41, 5.74) is 2.26. The molecule has 9 heteroatoms. The molecule has 0 bridgehead atoms. The molecule has 34 heavy (non-hydrogen) atoms. The van der Waals surface area contributed by atoms with E-state index in [1.165, 1.54) is 6.26 Å². The fourth-order valence-electron chi connectivity index (χ4n) is 4.39. The number of aryl methyl sites for hydroxylation is 1. The molecule has 180 valence electrons. The summed E-state index contributed by atoms with van der Waals surface area (Å²) in [6, 6.07) is 10.7. The number of nitrogens with one attached hydrogen (secondary N) is 2. The number of para-hydroxylation sites is 1. The van der Waals surface area contributed by atoms with E-state index in [0.29, 0.717) is 30.2 Å². The van der Waals surface area contributed by atoms with Crippen molar-refractivity contribution in [2.45, 2.75) is 45.7 Å². The van der Waals surface area contributed by atoms with Gasteiger partial charge in [0.25, 0.3) is 11.5 Å². The predicted octanol–water partition coefficient (Wildman–Crippen LogP) is 2.61. The van der Waals surface area contributed by atoms with Crippen LogP contribution in [0.15, 0.2) is 51.9 Å². The van der Waals surface area contributed by atoms with Gasteiger partial charge in [0.05, 0.1) is 23.7 Å². The summed E-state index contributed by atoms with van der Waals surface area (Å²) in [4.78, 5) is 40.6. The van der Waals surface area contributed by atoms with E-state index in [1.807, 2.05) is 51.1 Å². The maximum Gasteiger partial charge on any atom is 0.295 e. The number of rotatable bonds is 6. The van der Waals surface area contributed by atoms with Crippen molar-refractivity contribution in [3.8, 4) is 5.69 Å². The fraction of sp³-hybridized carbons (Fsp3) is 0.400. The Morgan fingerprint density at radius 1 is 1.09 bits per heavy atom. The van der Waals surface area contributed by atoms with Crippen molar-refractivity contribution in [3.05, 3.63) is 70.0 Å². The van der Waals surface area contributed by atoms with Gasteiger partial charge in [-0.15, -0.1) is 0 Å². The minimum atomic E-state index is -0.409. The van der Waals surface area contributed by atoms with Gasteiger partial charge < -0.3 is 15.1 Å². The number of amides is 2. The van der Waals surface area contributed by atoms with Gasteiger partial charge in [0, 0.05) is 31.7 Å². The summed E-state index contributed by atoms with van der Waals surface area (Å²) >= 11 is 0. The van der Waals surface area contributed by atoms with Crippen molar-refractivity contribution in [1.82, 2.24) is 19.6 Å². The van der Waals surface area contributed by atoms with Gasteiger partial charge in [-0.1, -0.05) is 18.2 Å². The number of nitrogens with zero attached hydrogens (tertiary/aromatic N) is 3. The van der Waals surface area contributed by atoms with Crippen molar-refractivity contribution in [2.75, 3.05) is 18.4 Å². The van der Waals surface area contributed by atoms with Crippen molar-refractivity contribution in [3.63, 3.8) is 0 Å². The number of carbonyl (C=O) groups excluding carboxylic acids is 2. The van der Waals surface area contributed by atoms with Gasteiger partial charge in [-0.3, -0.25) is 24.0 Å². The molecule has 1 aliphatic heterocycles. The molecule has 3 aromatic rings. The first kappa shape index (κ1) is 23.6. The Morgan fingerprint density at radius 3 is 2.38 bits per heavy atom. The normalized spacial score (nSPS) is 15.8. The second kappa shape index (κ2) is 9.72. The van der Waals surface area contributed by atoms with Crippen LogP contribution >= 0.6 is 0 Å². The van der Waals surface area contributed by atoms with Gasteiger partial charge in [-0.25, -0.2) is 4.68 Å². The maximum atomic E-state index is 13.1. The van der Waals surface area contributed by atoms with Crippen LogP contribution in [-0.4, -0.2) is 51.3 Å². The number of hydrogen-bond acceptors (Lipinski definition) is 5. The standard InChI is InChI=1S/C25H31N5O4/c1-16-12-15-34-22(16)24(32)26-19-10-13-29(14-11-19)18(3)23(31)27-21-17(2)28(4)30(25(21)33)20-8-6-5-7-9-20/h5-9,12,15,18-19H,10-11,13-14H2,1-4H3,(H,26,32)(H,27,31). The average molecular weight is 466 g/mol. The number of furan rings is 1. The summed E-state index contributed by atoms with van der Waals surface area (Å²) in [5, 5.41) is 5.88.